The number of methoxy groups -OCH3 is 1. The Morgan fingerprint density at radius 3 is 1.70 bits per heavy atom. The van der Waals surface area contributed by atoms with Crippen LogP contribution in [0, 0.1) is 0 Å². The van der Waals surface area contributed by atoms with Crippen LogP contribution in [0.4, 0.5) is 0 Å². The summed E-state index contributed by atoms with van der Waals surface area (Å²) in [6.07, 6.45) is 0. The molecule has 0 aliphatic carbocycles. The Balaban J connectivity index is -0.000000105. The van der Waals surface area contributed by atoms with Gasteiger partial charge < -0.3 is 9.84 Å². The summed E-state index contributed by atoms with van der Waals surface area (Å²) in [5.74, 6) is -0.602. The minimum absolute atomic E-state index is 0.531. The van der Waals surface area contributed by atoms with Crippen LogP contribution in [0.25, 0.3) is 0 Å². The first-order chi connectivity index (χ1) is 4.81. The van der Waals surface area contributed by atoms with Crippen LogP contribution in [0.15, 0.2) is 26.3 Å². The van der Waals surface area contributed by atoms with Crippen molar-refractivity contribution in [2.45, 2.75) is 0 Å². The molecule has 0 amide bonds. The van der Waals surface area contributed by atoms with Gasteiger partial charge in [0, 0.05) is 0 Å². The van der Waals surface area contributed by atoms with E-state index < -0.39 is 12.6 Å². The molecule has 10 heavy (non-hydrogen) atoms. The first kappa shape index (κ1) is 16.0. The van der Waals surface area contributed by atoms with Gasteiger partial charge in [0.1, 0.15) is 6.61 Å². The lowest BCUT2D eigenvalue weighted by molar-refractivity contribution is -0.143. The maximum absolute atomic E-state index is 9.71. The van der Waals surface area contributed by atoms with Crippen molar-refractivity contribution in [3.63, 3.8) is 0 Å². The van der Waals surface area contributed by atoms with Crippen molar-refractivity contribution in [1.82, 2.24) is 0 Å². The van der Waals surface area contributed by atoms with Gasteiger partial charge in [-0.05, 0) is 0 Å². The predicted octanol–water partition coefficient (Wildman–Crippen LogP) is 0.756. The van der Waals surface area contributed by atoms with Gasteiger partial charge in [0.15, 0.2) is 0 Å². The number of ether oxygens (including phenoxy) is 1. The molecule has 0 aliphatic rings. The lowest BCUT2D eigenvalue weighted by Gasteiger charge is -1.86. The van der Waals surface area contributed by atoms with Gasteiger partial charge in [0.2, 0.25) is 0 Å². The highest BCUT2D eigenvalue weighted by Gasteiger charge is 1.89. The Hall–Kier alpha value is -1.09. The fraction of sp³-hybridized carbons (Fsp3) is 0.286. The highest BCUT2D eigenvalue weighted by atomic mass is 16.5. The van der Waals surface area contributed by atoms with Crippen LogP contribution < -0.4 is 0 Å². The van der Waals surface area contributed by atoms with E-state index in [0.29, 0.717) is 0 Å². The zero-order valence-corrected chi connectivity index (χ0v) is 6.30. The molecule has 0 aromatic rings. The zero-order valence-electron chi connectivity index (χ0n) is 6.30. The summed E-state index contributed by atoms with van der Waals surface area (Å²) in [6.45, 7) is 11.5. The van der Waals surface area contributed by atoms with Gasteiger partial charge in [-0.2, -0.15) is 0 Å². The molecule has 0 heterocycles. The standard InChI is InChI=1S/C3H6O3.2C2H4/c1-6-3(5)2-4;2*1-2/h4H,2H2,1H3;2*1-2H2. The summed E-state index contributed by atoms with van der Waals surface area (Å²) in [4.78, 5) is 9.71. The molecular formula is C7H14O3. The second-order valence-electron chi connectivity index (χ2n) is 0.734. The molecule has 0 aliphatic heterocycles. The number of carbonyl (C=O) groups is 1. The van der Waals surface area contributed by atoms with E-state index in [0.717, 1.165) is 0 Å². The third-order valence-corrected chi connectivity index (χ3v) is 0.357. The molecular weight excluding hydrogens is 132 g/mol. The van der Waals surface area contributed by atoms with E-state index >= 15 is 0 Å². The molecule has 0 aromatic carbocycles. The topological polar surface area (TPSA) is 46.5 Å². The Kier molecular flexibility index (Phi) is 39.4. The fourth-order valence-corrected chi connectivity index (χ4v) is 0.0645. The maximum atomic E-state index is 9.71. The molecule has 3 heteroatoms. The first-order valence-electron chi connectivity index (χ1n) is 2.49. The lowest BCUT2D eigenvalue weighted by Crippen LogP contribution is -2.04. The lowest BCUT2D eigenvalue weighted by atomic mass is 10.8. The quantitative estimate of drug-likeness (QED) is 0.438. The smallest absolute Gasteiger partial charge is 0.331 e. The molecule has 0 bridgehead atoms. The van der Waals surface area contributed by atoms with Gasteiger partial charge in [0.25, 0.3) is 0 Å². The van der Waals surface area contributed by atoms with Gasteiger partial charge in [-0.25, -0.2) is 4.79 Å². The van der Waals surface area contributed by atoms with Crippen LogP contribution in [0.3, 0.4) is 0 Å². The van der Waals surface area contributed by atoms with Crippen molar-refractivity contribution in [3.05, 3.63) is 26.3 Å². The van der Waals surface area contributed by atoms with Crippen LogP contribution in [0.5, 0.6) is 0 Å². The molecule has 0 saturated carbocycles. The third-order valence-electron chi connectivity index (χ3n) is 0.357. The van der Waals surface area contributed by atoms with E-state index in [4.69, 9.17) is 5.11 Å². The van der Waals surface area contributed by atoms with Gasteiger partial charge in [-0.15, -0.1) is 26.3 Å². The van der Waals surface area contributed by atoms with Crippen molar-refractivity contribution >= 4 is 5.97 Å². The fourth-order valence-electron chi connectivity index (χ4n) is 0.0645. The number of aliphatic hydroxyl groups is 1. The van der Waals surface area contributed by atoms with Gasteiger partial charge >= 0.3 is 5.97 Å². The molecule has 1 N–H and O–H groups in total. The number of rotatable bonds is 1. The highest BCUT2D eigenvalue weighted by Crippen LogP contribution is 1.63. The molecule has 3 nitrogen and oxygen atoms in total. The molecule has 0 saturated heterocycles. The minimum atomic E-state index is -0.602. The average Bonchev–Trinajstić information content (AvgIpc) is 2.10. The van der Waals surface area contributed by atoms with Crippen LogP contribution in [0.1, 0.15) is 0 Å². The minimum Gasteiger partial charge on any atom is -0.467 e. The summed E-state index contributed by atoms with van der Waals surface area (Å²) in [5.41, 5.74) is 0. The van der Waals surface area contributed by atoms with Crippen LogP contribution in [0.2, 0.25) is 0 Å². The number of esters is 1. The molecule has 0 atom stereocenters. The van der Waals surface area contributed by atoms with Crippen LogP contribution in [-0.4, -0.2) is 24.8 Å². The second-order valence-corrected chi connectivity index (χ2v) is 0.734. The maximum Gasteiger partial charge on any atom is 0.331 e. The number of carbonyl (C=O) groups excluding carboxylic acids is 1. The largest absolute Gasteiger partial charge is 0.467 e. The average molecular weight is 146 g/mol. The molecule has 0 rings (SSSR count). The predicted molar refractivity (Wildman–Crippen MR) is 41.6 cm³/mol. The summed E-state index contributed by atoms with van der Waals surface area (Å²) in [7, 11) is 1.22. The summed E-state index contributed by atoms with van der Waals surface area (Å²) in [6, 6.07) is 0. The van der Waals surface area contributed by atoms with Gasteiger partial charge in [-0.3, -0.25) is 0 Å². The van der Waals surface area contributed by atoms with Crippen molar-refractivity contribution in [2.24, 2.45) is 0 Å². The van der Waals surface area contributed by atoms with Crippen LogP contribution >= 0.6 is 0 Å². The number of aliphatic hydroxyl groups excluding tert-OH is 1. The number of hydrogen-bond acceptors (Lipinski definition) is 3. The summed E-state index contributed by atoms with van der Waals surface area (Å²) < 4.78 is 4.01. The third kappa shape index (κ3) is 28.5. The van der Waals surface area contributed by atoms with E-state index in [2.05, 4.69) is 31.1 Å². The second kappa shape index (κ2) is 24.7. The molecule has 0 radical (unpaired) electrons. The summed E-state index contributed by atoms with van der Waals surface area (Å²) >= 11 is 0. The normalized spacial score (nSPS) is 5.40. The van der Waals surface area contributed by atoms with E-state index in [1.165, 1.54) is 7.11 Å². The Morgan fingerprint density at radius 2 is 1.70 bits per heavy atom. The SMILES string of the molecule is C=C.C=C.COC(=O)CO. The van der Waals surface area contributed by atoms with E-state index in [1.54, 1.807) is 0 Å². The van der Waals surface area contributed by atoms with Crippen molar-refractivity contribution < 1.29 is 14.6 Å². The molecule has 0 unspecified atom stereocenters. The summed E-state index contributed by atoms with van der Waals surface area (Å²) in [5, 5.41) is 7.86. The van der Waals surface area contributed by atoms with E-state index in [1.807, 2.05) is 0 Å². The molecule has 0 spiro atoms. The van der Waals surface area contributed by atoms with Crippen molar-refractivity contribution in [3.8, 4) is 0 Å². The van der Waals surface area contributed by atoms with Crippen molar-refractivity contribution in [1.29, 1.82) is 0 Å². The Labute approximate surface area is 61.6 Å². The zero-order chi connectivity index (χ0) is 8.99. The molecule has 0 aromatic heterocycles. The van der Waals surface area contributed by atoms with Crippen LogP contribution in [-0.2, 0) is 9.53 Å². The monoisotopic (exact) mass is 146 g/mol. The van der Waals surface area contributed by atoms with E-state index in [-0.39, 0.29) is 0 Å². The molecule has 60 valence electrons. The van der Waals surface area contributed by atoms with Gasteiger partial charge in [-0.1, -0.05) is 0 Å². The Bertz CT molecular complexity index is 63.3. The van der Waals surface area contributed by atoms with Gasteiger partial charge in [0.05, 0.1) is 7.11 Å². The number of hydrogen-bond donors (Lipinski definition) is 1. The van der Waals surface area contributed by atoms with Crippen molar-refractivity contribution in [2.75, 3.05) is 13.7 Å². The highest BCUT2D eigenvalue weighted by molar-refractivity contribution is 5.70. The van der Waals surface area contributed by atoms with E-state index in [9.17, 15) is 4.79 Å². The first-order valence-corrected chi connectivity index (χ1v) is 2.49. The Morgan fingerprint density at radius 1 is 1.40 bits per heavy atom. The molecule has 0 fully saturated rings.